The highest BCUT2D eigenvalue weighted by Gasteiger charge is 2.31. The summed E-state index contributed by atoms with van der Waals surface area (Å²) in [4.78, 5) is 34.4. The van der Waals surface area contributed by atoms with Gasteiger partial charge in [0, 0.05) is 38.4 Å². The van der Waals surface area contributed by atoms with Gasteiger partial charge < -0.3 is 25.2 Å². The number of carbonyl (C=O) groups excluding carboxylic acids is 1. The number of nitrogens with one attached hydrogen (secondary N) is 2. The molecule has 0 aliphatic carbocycles. The van der Waals surface area contributed by atoms with Gasteiger partial charge in [-0.05, 0) is 22.4 Å². The van der Waals surface area contributed by atoms with Crippen LogP contribution in [0.2, 0.25) is 0 Å². The Bertz CT molecular complexity index is 850. The molecule has 26 heavy (non-hydrogen) atoms. The van der Waals surface area contributed by atoms with E-state index in [0.29, 0.717) is 17.9 Å². The molecule has 2 amide bonds. The van der Waals surface area contributed by atoms with E-state index >= 15 is 0 Å². The molecule has 140 valence electrons. The third-order valence-electron chi connectivity index (χ3n) is 4.74. The van der Waals surface area contributed by atoms with Crippen molar-refractivity contribution in [2.24, 2.45) is 5.92 Å². The van der Waals surface area contributed by atoms with Gasteiger partial charge >= 0.3 is 6.09 Å². The van der Waals surface area contributed by atoms with Gasteiger partial charge in [0.2, 0.25) is 5.91 Å². The van der Waals surface area contributed by atoms with Gasteiger partial charge in [0.05, 0.1) is 27.3 Å². The number of rotatable bonds is 4. The monoisotopic (exact) mass is 423 g/mol. The highest BCUT2D eigenvalue weighted by molar-refractivity contribution is 9.10. The summed E-state index contributed by atoms with van der Waals surface area (Å²) in [5, 5.41) is 13.0. The van der Waals surface area contributed by atoms with Crippen LogP contribution in [0.4, 0.5) is 16.2 Å². The van der Waals surface area contributed by atoms with Gasteiger partial charge in [0.1, 0.15) is 5.65 Å². The molecule has 0 bridgehead atoms. The Morgan fingerprint density at radius 3 is 2.88 bits per heavy atom. The number of pyridine rings is 1. The maximum Gasteiger partial charge on any atom is 0.407 e. The first-order valence-corrected chi connectivity index (χ1v) is 9.26. The van der Waals surface area contributed by atoms with Crippen molar-refractivity contribution in [3.63, 3.8) is 0 Å². The van der Waals surface area contributed by atoms with Crippen LogP contribution < -0.4 is 10.2 Å². The number of H-pyrrole nitrogens is 1. The van der Waals surface area contributed by atoms with E-state index in [4.69, 9.17) is 0 Å². The fourth-order valence-electron chi connectivity index (χ4n) is 3.16. The van der Waals surface area contributed by atoms with Crippen molar-refractivity contribution in [3.05, 3.63) is 16.9 Å². The van der Waals surface area contributed by atoms with Crippen molar-refractivity contribution >= 4 is 50.3 Å². The summed E-state index contributed by atoms with van der Waals surface area (Å²) in [6, 6.07) is -0.0738. The lowest BCUT2D eigenvalue weighted by Gasteiger charge is -2.24. The number of carboxylic acid groups (broad SMARTS) is 1. The van der Waals surface area contributed by atoms with Crippen molar-refractivity contribution in [3.8, 4) is 0 Å². The van der Waals surface area contributed by atoms with Crippen LogP contribution in [-0.2, 0) is 4.79 Å². The number of hydrogen-bond donors (Lipinski definition) is 3. The fourth-order valence-corrected chi connectivity index (χ4v) is 3.71. The summed E-state index contributed by atoms with van der Waals surface area (Å²) in [5.74, 6) is -0.203. The van der Waals surface area contributed by atoms with Crippen LogP contribution in [0.3, 0.4) is 0 Å². The molecular weight excluding hydrogens is 402 g/mol. The second kappa shape index (κ2) is 7.14. The van der Waals surface area contributed by atoms with Crippen molar-refractivity contribution in [1.82, 2.24) is 14.9 Å². The molecule has 0 unspecified atom stereocenters. The molecule has 1 saturated heterocycles. The lowest BCUT2D eigenvalue weighted by Crippen LogP contribution is -2.38. The minimum atomic E-state index is -0.928. The Labute approximate surface area is 159 Å². The summed E-state index contributed by atoms with van der Waals surface area (Å²) >= 11 is 3.57. The summed E-state index contributed by atoms with van der Waals surface area (Å²) in [5.41, 5.74) is 2.27. The number of likely N-dealkylation sites (N-methyl/N-ethyl adjacent to an activating group) is 1. The number of hydrogen-bond acceptors (Lipinski definition) is 4. The molecule has 1 atom stereocenters. The summed E-state index contributed by atoms with van der Waals surface area (Å²) in [7, 11) is 1.60. The Balaban J connectivity index is 1.98. The molecule has 8 nitrogen and oxygen atoms in total. The van der Waals surface area contributed by atoms with E-state index in [9.17, 15) is 14.7 Å². The summed E-state index contributed by atoms with van der Waals surface area (Å²) in [6.45, 7) is 4.99. The average Bonchev–Trinajstić information content (AvgIpc) is 3.21. The molecular formula is C17H22BrN5O3. The van der Waals surface area contributed by atoms with Crippen LogP contribution in [0.1, 0.15) is 20.3 Å². The maximum absolute atomic E-state index is 12.1. The number of amides is 2. The van der Waals surface area contributed by atoms with Gasteiger partial charge in [0.15, 0.2) is 0 Å². The number of carbonyl (C=O) groups is 2. The Morgan fingerprint density at radius 1 is 1.50 bits per heavy atom. The van der Waals surface area contributed by atoms with Crippen LogP contribution in [0.15, 0.2) is 16.9 Å². The van der Waals surface area contributed by atoms with Crippen LogP contribution in [0.25, 0.3) is 11.0 Å². The van der Waals surface area contributed by atoms with Crippen molar-refractivity contribution in [2.45, 2.75) is 26.3 Å². The number of nitrogens with zero attached hydrogens (tertiary/aromatic N) is 3. The smallest absolute Gasteiger partial charge is 0.407 e. The minimum Gasteiger partial charge on any atom is -0.465 e. The van der Waals surface area contributed by atoms with Gasteiger partial charge in [-0.15, -0.1) is 0 Å². The van der Waals surface area contributed by atoms with Crippen LogP contribution in [0, 0.1) is 5.92 Å². The number of aromatic amines is 1. The van der Waals surface area contributed by atoms with Gasteiger partial charge in [-0.2, -0.15) is 0 Å². The molecule has 0 radical (unpaired) electrons. The second-order valence-corrected chi connectivity index (χ2v) is 7.66. The zero-order valence-electron chi connectivity index (χ0n) is 14.9. The van der Waals surface area contributed by atoms with Crippen LogP contribution in [0.5, 0.6) is 0 Å². The quantitative estimate of drug-likeness (QED) is 0.700. The molecule has 3 rings (SSSR count). The average molecular weight is 424 g/mol. The number of halogens is 1. The molecule has 3 heterocycles. The molecule has 3 N–H and O–H groups in total. The molecule has 9 heteroatoms. The number of anilines is 2. The first-order chi connectivity index (χ1) is 12.3. The van der Waals surface area contributed by atoms with E-state index in [0.717, 1.165) is 28.5 Å². The third kappa shape index (κ3) is 3.35. The Hall–Kier alpha value is -2.29. The van der Waals surface area contributed by atoms with Crippen molar-refractivity contribution in [2.75, 3.05) is 30.4 Å². The number of fused-ring (bicyclic) bond motifs is 1. The van der Waals surface area contributed by atoms with Gasteiger partial charge in [-0.1, -0.05) is 13.8 Å². The molecule has 0 aromatic carbocycles. The zero-order chi connectivity index (χ0) is 19.0. The predicted octanol–water partition coefficient (Wildman–Crippen LogP) is 3.11. The van der Waals surface area contributed by atoms with E-state index in [2.05, 4.69) is 36.1 Å². The Kier molecular flexibility index (Phi) is 5.08. The fraction of sp³-hybridized carbons (Fsp3) is 0.471. The molecule has 2 aromatic heterocycles. The first kappa shape index (κ1) is 18.5. The molecule has 1 aliphatic rings. The SMILES string of the molecule is CC(C)C(=O)Nc1c[nH]c2ncc(Br)c(N3CC[C@@H](N(C)C(=O)O)C3)c12. The number of aromatic nitrogens is 2. The maximum atomic E-state index is 12.1. The first-order valence-electron chi connectivity index (χ1n) is 8.46. The van der Waals surface area contributed by atoms with Crippen LogP contribution in [-0.4, -0.2) is 58.2 Å². The zero-order valence-corrected chi connectivity index (χ0v) is 16.5. The molecule has 0 spiro atoms. The molecule has 2 aromatic rings. The van der Waals surface area contributed by atoms with Crippen molar-refractivity contribution in [1.29, 1.82) is 0 Å². The van der Waals surface area contributed by atoms with Gasteiger partial charge in [-0.3, -0.25) is 4.79 Å². The van der Waals surface area contributed by atoms with Crippen molar-refractivity contribution < 1.29 is 14.7 Å². The predicted molar refractivity (Wildman–Crippen MR) is 104 cm³/mol. The normalized spacial score (nSPS) is 17.1. The van der Waals surface area contributed by atoms with Crippen LogP contribution >= 0.6 is 15.9 Å². The van der Waals surface area contributed by atoms with E-state index < -0.39 is 6.09 Å². The van der Waals surface area contributed by atoms with E-state index in [1.807, 2.05) is 13.8 Å². The second-order valence-electron chi connectivity index (χ2n) is 6.81. The highest BCUT2D eigenvalue weighted by atomic mass is 79.9. The topological polar surface area (TPSA) is 102 Å². The molecule has 1 aliphatic heterocycles. The lowest BCUT2D eigenvalue weighted by molar-refractivity contribution is -0.118. The van der Waals surface area contributed by atoms with E-state index in [1.54, 1.807) is 19.4 Å². The van der Waals surface area contributed by atoms with E-state index in [-0.39, 0.29) is 17.9 Å². The third-order valence-corrected chi connectivity index (χ3v) is 5.32. The lowest BCUT2D eigenvalue weighted by atomic mass is 10.2. The highest BCUT2D eigenvalue weighted by Crippen LogP contribution is 2.39. The largest absolute Gasteiger partial charge is 0.465 e. The Morgan fingerprint density at radius 2 is 2.23 bits per heavy atom. The van der Waals surface area contributed by atoms with Gasteiger partial charge in [0.25, 0.3) is 0 Å². The summed E-state index contributed by atoms with van der Waals surface area (Å²) < 4.78 is 0.809. The molecule has 0 saturated carbocycles. The summed E-state index contributed by atoms with van der Waals surface area (Å²) in [6.07, 6.45) is 3.28. The minimum absolute atomic E-state index is 0.0678. The standard InChI is InChI=1S/C17H22BrN5O3/c1-9(2)16(24)21-12-7-20-15-13(12)14(11(18)6-19-15)23-5-4-10(8-23)22(3)17(25)26/h6-7,9-10H,4-5,8H2,1-3H3,(H,19,20)(H,21,24)(H,25,26)/t10-/m1/s1. The van der Waals surface area contributed by atoms with E-state index in [1.165, 1.54) is 4.90 Å². The van der Waals surface area contributed by atoms with Gasteiger partial charge in [-0.25, -0.2) is 9.78 Å². The molecule has 1 fully saturated rings.